The summed E-state index contributed by atoms with van der Waals surface area (Å²) in [7, 11) is 1.64. The summed E-state index contributed by atoms with van der Waals surface area (Å²) in [6.07, 6.45) is 0.892. The largest absolute Gasteiger partial charge is 0.478 e. The van der Waals surface area contributed by atoms with Crippen molar-refractivity contribution in [3.8, 4) is 0 Å². The van der Waals surface area contributed by atoms with Crippen molar-refractivity contribution in [2.45, 2.75) is 58.5 Å². The van der Waals surface area contributed by atoms with Crippen LogP contribution in [0.5, 0.6) is 0 Å². The number of ether oxygens (including phenoxy) is 4. The van der Waals surface area contributed by atoms with Gasteiger partial charge in [0.2, 0.25) is 29.5 Å². The van der Waals surface area contributed by atoms with Gasteiger partial charge in [-0.1, -0.05) is 13.8 Å². The van der Waals surface area contributed by atoms with E-state index in [4.69, 9.17) is 29.8 Å². The van der Waals surface area contributed by atoms with E-state index in [1.54, 1.807) is 7.05 Å². The number of carboxylic acids is 1. The van der Waals surface area contributed by atoms with Crippen LogP contribution in [0, 0.1) is 5.92 Å². The van der Waals surface area contributed by atoms with Crippen LogP contribution >= 0.6 is 0 Å². The average molecular weight is 811 g/mol. The van der Waals surface area contributed by atoms with Gasteiger partial charge in [0.1, 0.15) is 6.04 Å². The number of benzene rings is 1. The van der Waals surface area contributed by atoms with Gasteiger partial charge in [0, 0.05) is 65.2 Å². The summed E-state index contributed by atoms with van der Waals surface area (Å²) in [5.41, 5.74) is 5.52. The van der Waals surface area contributed by atoms with Crippen molar-refractivity contribution < 1.29 is 57.6 Å². The lowest BCUT2D eigenvalue weighted by Crippen LogP contribution is -2.54. The second-order valence-electron chi connectivity index (χ2n) is 13.1. The fourth-order valence-electron chi connectivity index (χ4n) is 4.83. The van der Waals surface area contributed by atoms with Crippen LogP contribution in [0.25, 0.3) is 0 Å². The zero-order valence-electron chi connectivity index (χ0n) is 33.5. The third kappa shape index (κ3) is 25.1. The number of anilines is 1. The maximum atomic E-state index is 13.3. The van der Waals surface area contributed by atoms with Gasteiger partial charge in [-0.05, 0) is 43.0 Å². The van der Waals surface area contributed by atoms with E-state index in [-0.39, 0.29) is 74.7 Å². The first-order chi connectivity index (χ1) is 27.2. The Morgan fingerprint density at radius 1 is 0.719 bits per heavy atom. The van der Waals surface area contributed by atoms with Gasteiger partial charge >= 0.3 is 12.0 Å². The summed E-state index contributed by atoms with van der Waals surface area (Å²) in [6, 6.07) is 3.20. The Bertz CT molecular complexity index is 1380. The molecule has 7 amide bonds. The summed E-state index contributed by atoms with van der Waals surface area (Å²) in [5.74, 6) is -2.69. The molecule has 0 bridgehead atoms. The van der Waals surface area contributed by atoms with Crippen molar-refractivity contribution in [2.75, 3.05) is 97.9 Å². The maximum Gasteiger partial charge on any atom is 0.335 e. The summed E-state index contributed by atoms with van der Waals surface area (Å²) in [4.78, 5) is 85.3. The van der Waals surface area contributed by atoms with Gasteiger partial charge in [0.15, 0.2) is 0 Å². The Morgan fingerprint density at radius 2 is 1.28 bits per heavy atom. The molecule has 2 atom stereocenters. The third-order valence-electron chi connectivity index (χ3n) is 8.13. The first kappa shape index (κ1) is 50.1. The molecule has 322 valence electrons. The molecule has 1 aromatic rings. The van der Waals surface area contributed by atoms with Crippen LogP contribution < -0.4 is 37.6 Å². The van der Waals surface area contributed by atoms with Crippen LogP contribution in [0.15, 0.2) is 24.3 Å². The Morgan fingerprint density at radius 3 is 1.84 bits per heavy atom. The smallest absolute Gasteiger partial charge is 0.335 e. The first-order valence-electron chi connectivity index (χ1n) is 19.0. The number of hydrogen-bond acceptors (Lipinski definition) is 12. The average Bonchev–Trinajstić information content (AvgIpc) is 3.16. The molecule has 1 rings (SSSR count). The van der Waals surface area contributed by atoms with Crippen LogP contribution in [0.1, 0.15) is 56.8 Å². The maximum absolute atomic E-state index is 13.3. The minimum absolute atomic E-state index is 0.0533. The first-order valence-corrected chi connectivity index (χ1v) is 19.0. The number of nitrogens with one attached hydrogen (secondary N) is 6. The van der Waals surface area contributed by atoms with Crippen LogP contribution in [-0.4, -0.2) is 156 Å². The van der Waals surface area contributed by atoms with Crippen LogP contribution in [0.3, 0.4) is 0 Å². The molecular weight excluding hydrogens is 748 g/mol. The zero-order chi connectivity index (χ0) is 42.4. The molecule has 20 nitrogen and oxygen atoms in total. The van der Waals surface area contributed by atoms with Crippen LogP contribution in [-0.2, 0) is 42.9 Å². The molecule has 0 fully saturated rings. The van der Waals surface area contributed by atoms with Gasteiger partial charge in [-0.2, -0.15) is 0 Å². The fraction of sp³-hybridized carbons (Fsp3) is 0.649. The molecule has 9 N–H and O–H groups in total. The zero-order valence-corrected chi connectivity index (χ0v) is 33.5. The number of primary amides is 1. The molecule has 0 aromatic heterocycles. The molecule has 20 heteroatoms. The molecule has 0 unspecified atom stereocenters. The van der Waals surface area contributed by atoms with Crippen LogP contribution in [0.2, 0.25) is 0 Å². The minimum atomic E-state index is -1.11. The second kappa shape index (κ2) is 30.3. The number of carbonyl (C=O) groups is 7. The monoisotopic (exact) mass is 810 g/mol. The van der Waals surface area contributed by atoms with Crippen molar-refractivity contribution in [1.29, 1.82) is 0 Å². The highest BCUT2D eigenvalue weighted by atomic mass is 16.6. The highest BCUT2D eigenvalue weighted by Gasteiger charge is 2.27. The lowest BCUT2D eigenvalue weighted by atomic mass is 10.0. The number of carboxylic acid groups (broad SMARTS) is 1. The van der Waals surface area contributed by atoms with Crippen molar-refractivity contribution in [3.05, 3.63) is 29.8 Å². The molecule has 0 aliphatic carbocycles. The topological polar surface area (TPSA) is 278 Å². The number of nitrogens with two attached hydrogens (primary N) is 1. The molecule has 0 aliphatic rings. The Kier molecular flexibility index (Phi) is 26.6. The van der Waals surface area contributed by atoms with Crippen molar-refractivity contribution in [3.63, 3.8) is 0 Å². The number of urea groups is 1. The Balaban J connectivity index is 2.23. The highest BCUT2D eigenvalue weighted by molar-refractivity contribution is 5.98. The van der Waals surface area contributed by atoms with Gasteiger partial charge in [-0.25, -0.2) is 9.59 Å². The molecule has 1 aromatic carbocycles. The lowest BCUT2D eigenvalue weighted by molar-refractivity contribution is -0.129. The Labute approximate surface area is 334 Å². The molecule has 0 saturated carbocycles. The third-order valence-corrected chi connectivity index (χ3v) is 8.13. The second-order valence-corrected chi connectivity index (χ2v) is 13.1. The molecular formula is C37H62N8O12. The van der Waals surface area contributed by atoms with Gasteiger partial charge in [-0.3, -0.25) is 24.0 Å². The van der Waals surface area contributed by atoms with E-state index < -0.39 is 35.9 Å². The van der Waals surface area contributed by atoms with Crippen molar-refractivity contribution >= 4 is 47.2 Å². The van der Waals surface area contributed by atoms with Crippen molar-refractivity contribution in [1.82, 2.24) is 31.5 Å². The molecule has 0 aliphatic heterocycles. The number of nitrogens with zero attached hydrogens (tertiary/aromatic N) is 1. The summed E-state index contributed by atoms with van der Waals surface area (Å²) in [5, 5.41) is 25.6. The van der Waals surface area contributed by atoms with Gasteiger partial charge in [0.05, 0.1) is 64.5 Å². The highest BCUT2D eigenvalue weighted by Crippen LogP contribution is 2.12. The number of carbonyl (C=O) groups excluding carboxylic acids is 6. The standard InChI is InChI=1S/C37H62N8O12/c1-26(2)33(35(50)44-30(6-5-13-42-37(38)53)34(49)43-29-9-7-28(8-10-29)36(51)52)41-15-14-39-32(48)12-18-54-20-22-56-24-25-57-23-21-55-19-16-40-31(47)11-17-45(4)27(3)46/h7-10,26,30,33,41H,5-6,11-25H2,1-4H3,(H,39,48)(H,40,47)(H,43,49)(H,44,50)(H,51,52)(H3,38,42,53)/t30-,33-/m0/s1. The number of rotatable bonds is 32. The number of aromatic carboxylic acids is 1. The fourth-order valence-corrected chi connectivity index (χ4v) is 4.83. The predicted molar refractivity (Wildman–Crippen MR) is 209 cm³/mol. The quantitative estimate of drug-likeness (QED) is 0.0424. The van der Waals surface area contributed by atoms with Gasteiger partial charge in [-0.15, -0.1) is 0 Å². The van der Waals surface area contributed by atoms with E-state index in [9.17, 15) is 33.6 Å². The SMILES string of the molecule is CC(=O)N(C)CCC(=O)NCCOCCOCCOCCOCCC(=O)NCCN[C@H](C(=O)N[C@@H](CCCNC(N)=O)C(=O)Nc1ccc(C(=O)O)cc1)C(C)C. The van der Waals surface area contributed by atoms with Crippen LogP contribution in [0.4, 0.5) is 10.5 Å². The van der Waals surface area contributed by atoms with E-state index in [2.05, 4.69) is 31.9 Å². The minimum Gasteiger partial charge on any atom is -0.478 e. The molecule has 0 radical (unpaired) electrons. The summed E-state index contributed by atoms with van der Waals surface area (Å²) >= 11 is 0. The van der Waals surface area contributed by atoms with E-state index in [0.29, 0.717) is 71.4 Å². The lowest BCUT2D eigenvalue weighted by Gasteiger charge is -2.25. The van der Waals surface area contributed by atoms with E-state index in [1.807, 2.05) is 13.8 Å². The number of amides is 7. The van der Waals surface area contributed by atoms with Crippen molar-refractivity contribution in [2.24, 2.45) is 11.7 Å². The summed E-state index contributed by atoms with van der Waals surface area (Å²) < 4.78 is 21.8. The van der Waals surface area contributed by atoms with Gasteiger partial charge in [0.25, 0.3) is 0 Å². The van der Waals surface area contributed by atoms with E-state index in [1.165, 1.54) is 36.1 Å². The molecule has 0 heterocycles. The van der Waals surface area contributed by atoms with Gasteiger partial charge < -0.3 is 66.6 Å². The van der Waals surface area contributed by atoms with E-state index in [0.717, 1.165) is 0 Å². The predicted octanol–water partition coefficient (Wildman–Crippen LogP) is -0.572. The molecule has 0 saturated heterocycles. The molecule has 0 spiro atoms. The summed E-state index contributed by atoms with van der Waals surface area (Å²) in [6.45, 7) is 9.24. The number of hydrogen-bond donors (Lipinski definition) is 8. The Hall–Kier alpha value is -4.89. The van der Waals surface area contributed by atoms with E-state index >= 15 is 0 Å². The molecule has 57 heavy (non-hydrogen) atoms. The normalized spacial score (nSPS) is 11.9.